The Morgan fingerprint density at radius 3 is 2.21 bits per heavy atom. The lowest BCUT2D eigenvalue weighted by molar-refractivity contribution is 0.292. The molecule has 1 unspecified atom stereocenters. The highest BCUT2D eigenvalue weighted by Crippen LogP contribution is 2.22. The van der Waals surface area contributed by atoms with Crippen molar-refractivity contribution >= 4 is 0 Å². The Morgan fingerprint density at radius 2 is 1.79 bits per heavy atom. The van der Waals surface area contributed by atoms with Crippen molar-refractivity contribution in [2.24, 2.45) is 5.92 Å². The largest absolute Gasteiger partial charge is 0.301 e. The molecule has 1 aromatic rings. The van der Waals surface area contributed by atoms with Crippen molar-refractivity contribution in [2.45, 2.75) is 46.1 Å². The molecule has 0 fully saturated rings. The zero-order chi connectivity index (χ0) is 14.5. The highest BCUT2D eigenvalue weighted by atomic mass is 15.1. The van der Waals surface area contributed by atoms with Crippen molar-refractivity contribution in [1.29, 1.82) is 5.26 Å². The van der Waals surface area contributed by atoms with Crippen molar-refractivity contribution in [3.8, 4) is 6.07 Å². The summed E-state index contributed by atoms with van der Waals surface area (Å²) in [6.45, 7) is 10.5. The molecule has 0 saturated heterocycles. The van der Waals surface area contributed by atoms with Gasteiger partial charge in [0.25, 0.3) is 0 Å². The molecule has 19 heavy (non-hydrogen) atoms. The molecule has 2 heteroatoms. The van der Waals surface area contributed by atoms with Gasteiger partial charge >= 0.3 is 0 Å². The Balaban J connectivity index is 2.61. The van der Waals surface area contributed by atoms with Crippen LogP contribution in [0.5, 0.6) is 0 Å². The monoisotopic (exact) mass is 258 g/mol. The van der Waals surface area contributed by atoms with E-state index in [1.807, 2.05) is 0 Å². The SMILES string of the molecule is CCC(C#N)CN(C)Cc1ccc(C(C)(C)C)cc1. The van der Waals surface area contributed by atoms with Gasteiger partial charge in [-0.25, -0.2) is 0 Å². The van der Waals surface area contributed by atoms with Gasteiger partial charge in [-0.05, 0) is 30.0 Å². The standard InChI is InChI=1S/C17H26N2/c1-6-14(11-18)12-19(5)13-15-7-9-16(10-8-15)17(2,3)4/h7-10,14H,6,12-13H2,1-5H3. The molecule has 0 aliphatic carbocycles. The van der Waals surface area contributed by atoms with Crippen LogP contribution >= 0.6 is 0 Å². The molecule has 1 rings (SSSR count). The minimum atomic E-state index is 0.138. The zero-order valence-electron chi connectivity index (χ0n) is 12.9. The van der Waals surface area contributed by atoms with Gasteiger partial charge in [-0.2, -0.15) is 5.26 Å². The first-order valence-electron chi connectivity index (χ1n) is 7.04. The van der Waals surface area contributed by atoms with Gasteiger partial charge < -0.3 is 4.90 Å². The summed E-state index contributed by atoms with van der Waals surface area (Å²) in [5.41, 5.74) is 2.88. The molecule has 0 aliphatic heterocycles. The Labute approximate surface area is 118 Å². The third kappa shape index (κ3) is 5.04. The number of nitrogens with zero attached hydrogens (tertiary/aromatic N) is 2. The first-order valence-corrected chi connectivity index (χ1v) is 7.04. The Kier molecular flexibility index (Phi) is 5.57. The summed E-state index contributed by atoms with van der Waals surface area (Å²) in [5.74, 6) is 0.138. The van der Waals surface area contributed by atoms with Gasteiger partial charge in [0.1, 0.15) is 0 Å². The average Bonchev–Trinajstić information content (AvgIpc) is 2.35. The zero-order valence-corrected chi connectivity index (χ0v) is 12.9. The molecule has 0 bridgehead atoms. The lowest BCUT2D eigenvalue weighted by Gasteiger charge is -2.21. The maximum absolute atomic E-state index is 8.99. The predicted molar refractivity (Wildman–Crippen MR) is 80.9 cm³/mol. The van der Waals surface area contributed by atoms with Crippen LogP contribution in [-0.2, 0) is 12.0 Å². The predicted octanol–water partition coefficient (Wildman–Crippen LogP) is 3.97. The number of rotatable bonds is 5. The van der Waals surface area contributed by atoms with Crippen LogP contribution in [0.15, 0.2) is 24.3 Å². The quantitative estimate of drug-likeness (QED) is 0.799. The lowest BCUT2D eigenvalue weighted by Crippen LogP contribution is -2.24. The van der Waals surface area contributed by atoms with Gasteiger partial charge in [0.2, 0.25) is 0 Å². The molecule has 2 nitrogen and oxygen atoms in total. The fourth-order valence-corrected chi connectivity index (χ4v) is 2.12. The van der Waals surface area contributed by atoms with E-state index in [1.54, 1.807) is 0 Å². The second-order valence-corrected chi connectivity index (χ2v) is 6.38. The van der Waals surface area contributed by atoms with Gasteiger partial charge in [-0.1, -0.05) is 52.0 Å². The molecule has 0 radical (unpaired) electrons. The highest BCUT2D eigenvalue weighted by Gasteiger charge is 2.13. The molecule has 0 amide bonds. The minimum Gasteiger partial charge on any atom is -0.301 e. The fourth-order valence-electron chi connectivity index (χ4n) is 2.12. The van der Waals surface area contributed by atoms with E-state index in [9.17, 15) is 0 Å². The first-order chi connectivity index (χ1) is 8.86. The normalized spacial score (nSPS) is 13.3. The van der Waals surface area contributed by atoms with E-state index in [0.29, 0.717) is 0 Å². The van der Waals surface area contributed by atoms with E-state index in [1.165, 1.54) is 11.1 Å². The van der Waals surface area contributed by atoms with Crippen LogP contribution in [0, 0.1) is 17.2 Å². The molecule has 0 spiro atoms. The molecule has 0 N–H and O–H groups in total. The molecular weight excluding hydrogens is 232 g/mol. The lowest BCUT2D eigenvalue weighted by atomic mass is 9.87. The number of benzene rings is 1. The Bertz CT molecular complexity index is 420. The van der Waals surface area contributed by atoms with E-state index < -0.39 is 0 Å². The molecule has 0 aromatic heterocycles. The molecular formula is C17H26N2. The third-order valence-corrected chi connectivity index (χ3v) is 3.48. The van der Waals surface area contributed by atoms with Crippen LogP contribution in [0.3, 0.4) is 0 Å². The minimum absolute atomic E-state index is 0.138. The van der Waals surface area contributed by atoms with Gasteiger partial charge in [0.05, 0.1) is 12.0 Å². The summed E-state index contributed by atoms with van der Waals surface area (Å²) in [5, 5.41) is 8.99. The van der Waals surface area contributed by atoms with Gasteiger partial charge in [-0.15, -0.1) is 0 Å². The number of hydrogen-bond acceptors (Lipinski definition) is 2. The van der Waals surface area contributed by atoms with Crippen molar-refractivity contribution in [3.05, 3.63) is 35.4 Å². The van der Waals surface area contributed by atoms with E-state index in [-0.39, 0.29) is 11.3 Å². The van der Waals surface area contributed by atoms with Gasteiger partial charge in [-0.3, -0.25) is 0 Å². The Morgan fingerprint density at radius 1 is 1.21 bits per heavy atom. The fraction of sp³-hybridized carbons (Fsp3) is 0.588. The van der Waals surface area contributed by atoms with Crippen LogP contribution in [0.4, 0.5) is 0 Å². The summed E-state index contributed by atoms with van der Waals surface area (Å²) < 4.78 is 0. The summed E-state index contributed by atoms with van der Waals surface area (Å²) in [4.78, 5) is 2.23. The summed E-state index contributed by atoms with van der Waals surface area (Å²) >= 11 is 0. The number of nitriles is 1. The molecule has 0 saturated carbocycles. The van der Waals surface area contributed by atoms with Crippen LogP contribution in [0.1, 0.15) is 45.2 Å². The van der Waals surface area contributed by atoms with Gasteiger partial charge in [0, 0.05) is 13.1 Å². The van der Waals surface area contributed by atoms with Crippen molar-refractivity contribution in [2.75, 3.05) is 13.6 Å². The topological polar surface area (TPSA) is 27.0 Å². The third-order valence-electron chi connectivity index (χ3n) is 3.48. The molecule has 104 valence electrons. The van der Waals surface area contributed by atoms with Crippen molar-refractivity contribution in [3.63, 3.8) is 0 Å². The second-order valence-electron chi connectivity index (χ2n) is 6.38. The Hall–Kier alpha value is -1.33. The van der Waals surface area contributed by atoms with Gasteiger partial charge in [0.15, 0.2) is 0 Å². The van der Waals surface area contributed by atoms with E-state index in [4.69, 9.17) is 5.26 Å². The molecule has 1 atom stereocenters. The van der Waals surface area contributed by atoms with Crippen molar-refractivity contribution in [1.82, 2.24) is 4.90 Å². The van der Waals surface area contributed by atoms with E-state index in [0.717, 1.165) is 19.5 Å². The van der Waals surface area contributed by atoms with Crippen LogP contribution in [-0.4, -0.2) is 18.5 Å². The summed E-state index contributed by atoms with van der Waals surface area (Å²) in [6, 6.07) is 11.2. The summed E-state index contributed by atoms with van der Waals surface area (Å²) in [7, 11) is 2.08. The van der Waals surface area contributed by atoms with E-state index in [2.05, 4.69) is 70.0 Å². The maximum atomic E-state index is 8.99. The van der Waals surface area contributed by atoms with Crippen LogP contribution in [0.25, 0.3) is 0 Å². The number of hydrogen-bond donors (Lipinski definition) is 0. The smallest absolute Gasteiger partial charge is 0.0669 e. The van der Waals surface area contributed by atoms with Crippen molar-refractivity contribution < 1.29 is 0 Å². The molecule has 0 aliphatic rings. The maximum Gasteiger partial charge on any atom is 0.0669 e. The second kappa shape index (κ2) is 6.73. The highest BCUT2D eigenvalue weighted by molar-refractivity contribution is 5.27. The summed E-state index contributed by atoms with van der Waals surface area (Å²) in [6.07, 6.45) is 0.920. The first kappa shape index (κ1) is 15.7. The molecule has 1 aromatic carbocycles. The average molecular weight is 258 g/mol. The van der Waals surface area contributed by atoms with Crippen LogP contribution < -0.4 is 0 Å². The molecule has 0 heterocycles. The van der Waals surface area contributed by atoms with E-state index >= 15 is 0 Å². The van der Waals surface area contributed by atoms with Crippen LogP contribution in [0.2, 0.25) is 0 Å².